The Labute approximate surface area is 134 Å². The van der Waals surface area contributed by atoms with Crippen molar-refractivity contribution in [2.45, 2.75) is 19.5 Å². The van der Waals surface area contributed by atoms with E-state index >= 15 is 0 Å². The van der Waals surface area contributed by atoms with Crippen LogP contribution in [-0.4, -0.2) is 52.0 Å². The predicted octanol–water partition coefficient (Wildman–Crippen LogP) is 2.06. The molecule has 1 atom stereocenters. The lowest BCUT2D eigenvalue weighted by molar-refractivity contribution is 0.0896. The third-order valence-electron chi connectivity index (χ3n) is 4.04. The monoisotopic (exact) mass is 319 g/mol. The summed E-state index contributed by atoms with van der Waals surface area (Å²) in [6, 6.07) is 2.17. The lowest BCUT2D eigenvalue weighted by Gasteiger charge is -2.39. The number of carbonyl (C=O) groups is 1. The second-order valence-electron chi connectivity index (χ2n) is 5.36. The van der Waals surface area contributed by atoms with Crippen molar-refractivity contribution >= 4 is 17.4 Å². The number of hydrogen-bond donors (Lipinski definition) is 2. The number of piperazine rings is 1. The molecule has 7 heteroatoms. The van der Waals surface area contributed by atoms with Crippen molar-refractivity contribution in [3.05, 3.63) is 40.6 Å². The quantitative estimate of drug-likeness (QED) is 0.906. The summed E-state index contributed by atoms with van der Waals surface area (Å²) in [4.78, 5) is 24.1. The molecule has 1 saturated heterocycles. The summed E-state index contributed by atoms with van der Waals surface area (Å²) in [6.45, 7) is 5.96. The lowest BCUT2D eigenvalue weighted by atomic mass is 10.1. The Bertz CT molecular complexity index is 583. The topological polar surface area (TPSA) is 64.3 Å². The van der Waals surface area contributed by atoms with Gasteiger partial charge in [-0.15, -0.1) is 0 Å². The van der Waals surface area contributed by atoms with Gasteiger partial charge in [0.25, 0.3) is 0 Å². The van der Waals surface area contributed by atoms with Crippen LogP contribution in [0.15, 0.2) is 29.2 Å². The first kappa shape index (κ1) is 15.1. The molecule has 2 aromatic rings. The molecule has 0 unspecified atom stereocenters. The number of nitrogens with zero attached hydrogens (tertiary/aromatic N) is 3. The Kier molecular flexibility index (Phi) is 4.74. The van der Waals surface area contributed by atoms with Crippen LogP contribution in [0, 0.1) is 0 Å². The Hall–Kier alpha value is -1.86. The molecule has 1 fully saturated rings. The fraction of sp³-hybridized carbons (Fsp3) is 0.467. The number of aromatic amines is 1. The molecule has 0 aliphatic carbocycles. The normalized spacial score (nSPS) is 19.3. The molecule has 0 spiro atoms. The van der Waals surface area contributed by atoms with Gasteiger partial charge in [-0.3, -0.25) is 4.90 Å². The van der Waals surface area contributed by atoms with Crippen molar-refractivity contribution in [3.63, 3.8) is 0 Å². The van der Waals surface area contributed by atoms with Crippen LogP contribution in [0.5, 0.6) is 0 Å². The first-order valence-electron chi connectivity index (χ1n) is 7.55. The van der Waals surface area contributed by atoms with Gasteiger partial charge in [0.05, 0.1) is 6.04 Å². The highest BCUT2D eigenvalue weighted by molar-refractivity contribution is 7.07. The smallest absolute Gasteiger partial charge is 0.317 e. The van der Waals surface area contributed by atoms with Crippen LogP contribution in [0.25, 0.3) is 0 Å². The summed E-state index contributed by atoms with van der Waals surface area (Å²) in [6.07, 6.45) is 3.59. The van der Waals surface area contributed by atoms with Gasteiger partial charge in [-0.25, -0.2) is 9.78 Å². The van der Waals surface area contributed by atoms with Gasteiger partial charge in [0, 0.05) is 38.6 Å². The van der Waals surface area contributed by atoms with E-state index in [2.05, 4.69) is 32.5 Å². The Balaban J connectivity index is 1.61. The molecule has 1 aliphatic rings. The predicted molar refractivity (Wildman–Crippen MR) is 86.7 cm³/mol. The Morgan fingerprint density at radius 2 is 2.45 bits per heavy atom. The number of amides is 2. The van der Waals surface area contributed by atoms with Crippen molar-refractivity contribution in [1.29, 1.82) is 0 Å². The second-order valence-corrected chi connectivity index (χ2v) is 6.14. The largest absolute Gasteiger partial charge is 0.347 e. The maximum atomic E-state index is 12.4. The molecule has 22 heavy (non-hydrogen) atoms. The average Bonchev–Trinajstić information content (AvgIpc) is 3.25. The van der Waals surface area contributed by atoms with Crippen LogP contribution in [0.1, 0.15) is 24.4 Å². The number of carbonyl (C=O) groups excluding carboxylic acids is 1. The molecule has 0 saturated carbocycles. The number of nitrogens with one attached hydrogen (secondary N) is 2. The number of imidazole rings is 1. The van der Waals surface area contributed by atoms with E-state index in [1.54, 1.807) is 17.5 Å². The number of urea groups is 1. The summed E-state index contributed by atoms with van der Waals surface area (Å²) in [5.41, 5.74) is 1.15. The SMILES string of the molecule is CCN1CCN(C(=O)NCc2ccsc2)C[C@@H]1c1ncc[nH]1. The van der Waals surface area contributed by atoms with E-state index < -0.39 is 0 Å². The number of hydrogen-bond acceptors (Lipinski definition) is 4. The van der Waals surface area contributed by atoms with Crippen molar-refractivity contribution in [1.82, 2.24) is 25.1 Å². The molecule has 0 radical (unpaired) electrons. The fourth-order valence-corrected chi connectivity index (χ4v) is 3.45. The van der Waals surface area contributed by atoms with Gasteiger partial charge >= 0.3 is 6.03 Å². The van der Waals surface area contributed by atoms with Crippen LogP contribution in [0.4, 0.5) is 4.79 Å². The zero-order chi connectivity index (χ0) is 15.4. The van der Waals surface area contributed by atoms with Crippen molar-refractivity contribution in [2.24, 2.45) is 0 Å². The standard InChI is InChI=1S/C15H21N5OS/c1-2-19-6-7-20(10-13(19)14-16-4-5-17-14)15(21)18-9-12-3-8-22-11-12/h3-5,8,11,13H,2,6-7,9-10H2,1H3,(H,16,17)(H,18,21)/t13-/m1/s1. The molecular formula is C15H21N5OS. The van der Waals surface area contributed by atoms with Crippen molar-refractivity contribution in [2.75, 3.05) is 26.2 Å². The highest BCUT2D eigenvalue weighted by atomic mass is 32.1. The number of likely N-dealkylation sites (N-methyl/N-ethyl adjacent to an activating group) is 1. The summed E-state index contributed by atoms with van der Waals surface area (Å²) >= 11 is 1.64. The summed E-state index contributed by atoms with van der Waals surface area (Å²) in [5, 5.41) is 7.08. The zero-order valence-electron chi connectivity index (χ0n) is 12.7. The molecule has 0 aromatic carbocycles. The number of aromatic nitrogens is 2. The molecule has 2 amide bonds. The average molecular weight is 319 g/mol. The van der Waals surface area contributed by atoms with Crippen LogP contribution >= 0.6 is 11.3 Å². The van der Waals surface area contributed by atoms with E-state index in [1.165, 1.54) is 0 Å². The number of H-pyrrole nitrogens is 1. The molecule has 0 bridgehead atoms. The van der Waals surface area contributed by atoms with E-state index in [1.807, 2.05) is 22.5 Å². The minimum Gasteiger partial charge on any atom is -0.347 e. The van der Waals surface area contributed by atoms with Gasteiger partial charge in [0.2, 0.25) is 0 Å². The first-order valence-corrected chi connectivity index (χ1v) is 8.49. The molecule has 3 heterocycles. The Morgan fingerprint density at radius 1 is 1.55 bits per heavy atom. The summed E-state index contributed by atoms with van der Waals surface area (Å²) in [5.74, 6) is 0.928. The van der Waals surface area contributed by atoms with Crippen LogP contribution < -0.4 is 5.32 Å². The third kappa shape index (κ3) is 3.31. The van der Waals surface area contributed by atoms with Crippen LogP contribution in [0.3, 0.4) is 0 Å². The third-order valence-corrected chi connectivity index (χ3v) is 4.78. The van der Waals surface area contributed by atoms with E-state index in [9.17, 15) is 4.79 Å². The van der Waals surface area contributed by atoms with Crippen molar-refractivity contribution < 1.29 is 4.79 Å². The zero-order valence-corrected chi connectivity index (χ0v) is 13.5. The molecule has 118 valence electrons. The first-order chi connectivity index (χ1) is 10.8. The van der Waals surface area contributed by atoms with E-state index in [0.717, 1.165) is 31.0 Å². The molecule has 3 rings (SSSR count). The molecule has 6 nitrogen and oxygen atoms in total. The van der Waals surface area contributed by atoms with Gasteiger partial charge in [-0.1, -0.05) is 6.92 Å². The molecule has 1 aliphatic heterocycles. The minimum atomic E-state index is -0.00138. The van der Waals surface area contributed by atoms with Crippen LogP contribution in [0.2, 0.25) is 0 Å². The minimum absolute atomic E-state index is 0.00138. The van der Waals surface area contributed by atoms with E-state index in [0.29, 0.717) is 13.1 Å². The van der Waals surface area contributed by atoms with Gasteiger partial charge in [-0.05, 0) is 28.9 Å². The maximum absolute atomic E-state index is 12.4. The Morgan fingerprint density at radius 3 is 3.14 bits per heavy atom. The number of rotatable bonds is 4. The summed E-state index contributed by atoms with van der Waals surface area (Å²) in [7, 11) is 0. The fourth-order valence-electron chi connectivity index (χ4n) is 2.79. The van der Waals surface area contributed by atoms with E-state index in [-0.39, 0.29) is 12.1 Å². The van der Waals surface area contributed by atoms with Gasteiger partial charge < -0.3 is 15.2 Å². The van der Waals surface area contributed by atoms with Crippen molar-refractivity contribution in [3.8, 4) is 0 Å². The molecular weight excluding hydrogens is 298 g/mol. The highest BCUT2D eigenvalue weighted by Crippen LogP contribution is 2.22. The van der Waals surface area contributed by atoms with Gasteiger partial charge in [0.15, 0.2) is 0 Å². The van der Waals surface area contributed by atoms with Crippen LogP contribution in [-0.2, 0) is 6.54 Å². The van der Waals surface area contributed by atoms with E-state index in [4.69, 9.17) is 0 Å². The molecule has 2 aromatic heterocycles. The molecule has 2 N–H and O–H groups in total. The second kappa shape index (κ2) is 6.93. The van der Waals surface area contributed by atoms with Gasteiger partial charge in [0.1, 0.15) is 5.82 Å². The maximum Gasteiger partial charge on any atom is 0.317 e. The van der Waals surface area contributed by atoms with Gasteiger partial charge in [-0.2, -0.15) is 11.3 Å². The summed E-state index contributed by atoms with van der Waals surface area (Å²) < 4.78 is 0. The highest BCUT2D eigenvalue weighted by Gasteiger charge is 2.31. The lowest BCUT2D eigenvalue weighted by Crippen LogP contribution is -2.53. The number of thiophene rings is 1.